The van der Waals surface area contributed by atoms with Crippen molar-refractivity contribution in [3.05, 3.63) is 11.7 Å². The van der Waals surface area contributed by atoms with Crippen LogP contribution in [-0.4, -0.2) is 41.8 Å². The molecule has 0 amide bonds. The molecule has 1 aromatic rings. The standard InChI is InChI=1S/C10H16N2O4S/c13-5-2-1-3-9-11-10(12-16-9)8-4-6-17(14,15)7-8/h8,13H,1-7H2. The average Bonchev–Trinajstić information content (AvgIpc) is 2.85. The zero-order chi connectivity index (χ0) is 12.3. The summed E-state index contributed by atoms with van der Waals surface area (Å²) in [6.07, 6.45) is 2.71. The summed E-state index contributed by atoms with van der Waals surface area (Å²) in [7, 11) is -2.91. The number of hydrogen-bond donors (Lipinski definition) is 1. The van der Waals surface area contributed by atoms with Crippen molar-refractivity contribution < 1.29 is 18.0 Å². The number of nitrogens with zero attached hydrogens (tertiary/aromatic N) is 2. The van der Waals surface area contributed by atoms with E-state index in [1.165, 1.54) is 0 Å². The fourth-order valence-electron chi connectivity index (χ4n) is 1.92. The molecule has 1 N–H and O–H groups in total. The van der Waals surface area contributed by atoms with Gasteiger partial charge in [-0.1, -0.05) is 5.16 Å². The number of aliphatic hydroxyl groups excluding tert-OH is 1. The van der Waals surface area contributed by atoms with Gasteiger partial charge in [-0.25, -0.2) is 8.42 Å². The van der Waals surface area contributed by atoms with E-state index in [0.29, 0.717) is 31.0 Å². The van der Waals surface area contributed by atoms with Crippen LogP contribution in [0.3, 0.4) is 0 Å². The topological polar surface area (TPSA) is 93.3 Å². The van der Waals surface area contributed by atoms with Crippen LogP contribution < -0.4 is 0 Å². The predicted molar refractivity (Wildman–Crippen MR) is 60.3 cm³/mol. The Labute approximate surface area is 99.9 Å². The van der Waals surface area contributed by atoms with Gasteiger partial charge in [-0.05, 0) is 19.3 Å². The average molecular weight is 260 g/mol. The second kappa shape index (κ2) is 5.14. The van der Waals surface area contributed by atoms with E-state index < -0.39 is 9.84 Å². The number of sulfone groups is 1. The molecule has 1 unspecified atom stereocenters. The van der Waals surface area contributed by atoms with E-state index in [1.54, 1.807) is 0 Å². The van der Waals surface area contributed by atoms with Gasteiger partial charge in [-0.15, -0.1) is 0 Å². The van der Waals surface area contributed by atoms with Gasteiger partial charge in [0.05, 0.1) is 11.5 Å². The van der Waals surface area contributed by atoms with Crippen LogP contribution in [0.25, 0.3) is 0 Å². The molecule has 2 rings (SSSR count). The van der Waals surface area contributed by atoms with Crippen molar-refractivity contribution in [2.75, 3.05) is 18.1 Å². The van der Waals surface area contributed by atoms with Crippen LogP contribution in [0.1, 0.15) is 36.9 Å². The van der Waals surface area contributed by atoms with Crippen molar-refractivity contribution in [3.63, 3.8) is 0 Å². The smallest absolute Gasteiger partial charge is 0.226 e. The van der Waals surface area contributed by atoms with E-state index in [4.69, 9.17) is 9.63 Å². The third-order valence-corrected chi connectivity index (χ3v) is 4.65. The molecule has 0 aromatic carbocycles. The first kappa shape index (κ1) is 12.5. The maximum Gasteiger partial charge on any atom is 0.226 e. The predicted octanol–water partition coefficient (Wildman–Crippen LogP) is 0.287. The van der Waals surface area contributed by atoms with Gasteiger partial charge < -0.3 is 9.63 Å². The number of aryl methyl sites for hydroxylation is 1. The van der Waals surface area contributed by atoms with Crippen LogP contribution in [0.2, 0.25) is 0 Å². The first-order valence-electron chi connectivity index (χ1n) is 5.74. The number of rotatable bonds is 5. The van der Waals surface area contributed by atoms with E-state index in [-0.39, 0.29) is 24.0 Å². The van der Waals surface area contributed by atoms with E-state index in [9.17, 15) is 8.42 Å². The first-order valence-corrected chi connectivity index (χ1v) is 7.56. The summed E-state index contributed by atoms with van der Waals surface area (Å²) < 4.78 is 27.7. The lowest BCUT2D eigenvalue weighted by Crippen LogP contribution is -2.05. The molecule has 1 saturated heterocycles. The van der Waals surface area contributed by atoms with Gasteiger partial charge in [-0.3, -0.25) is 0 Å². The zero-order valence-corrected chi connectivity index (χ0v) is 10.3. The normalized spacial score (nSPS) is 23.0. The van der Waals surface area contributed by atoms with Crippen molar-refractivity contribution in [1.29, 1.82) is 0 Å². The van der Waals surface area contributed by atoms with Gasteiger partial charge in [0.15, 0.2) is 15.7 Å². The summed E-state index contributed by atoms with van der Waals surface area (Å²) in [5, 5.41) is 12.5. The van der Waals surface area contributed by atoms with E-state index in [2.05, 4.69) is 10.1 Å². The summed E-state index contributed by atoms with van der Waals surface area (Å²) in [5.41, 5.74) is 0. The van der Waals surface area contributed by atoms with Crippen LogP contribution in [0.5, 0.6) is 0 Å². The molecule has 0 radical (unpaired) electrons. The highest BCUT2D eigenvalue weighted by Gasteiger charge is 2.32. The number of unbranched alkanes of at least 4 members (excludes halogenated alkanes) is 1. The molecule has 17 heavy (non-hydrogen) atoms. The van der Waals surface area contributed by atoms with Crippen LogP contribution in [0.4, 0.5) is 0 Å². The maximum atomic E-state index is 11.3. The zero-order valence-electron chi connectivity index (χ0n) is 9.50. The van der Waals surface area contributed by atoms with Crippen molar-refractivity contribution in [1.82, 2.24) is 10.1 Å². The maximum absolute atomic E-state index is 11.3. The van der Waals surface area contributed by atoms with Crippen molar-refractivity contribution >= 4 is 9.84 Å². The summed E-state index contributed by atoms with van der Waals surface area (Å²) in [5.74, 6) is 1.26. The molecule has 1 atom stereocenters. The van der Waals surface area contributed by atoms with Gasteiger partial charge in [0.1, 0.15) is 0 Å². The lowest BCUT2D eigenvalue weighted by Gasteiger charge is -1.98. The second-order valence-electron chi connectivity index (χ2n) is 4.33. The quantitative estimate of drug-likeness (QED) is 0.765. The fourth-order valence-corrected chi connectivity index (χ4v) is 3.66. The third kappa shape index (κ3) is 3.26. The molecule has 0 bridgehead atoms. The Hall–Kier alpha value is -0.950. The molecule has 96 valence electrons. The summed E-state index contributed by atoms with van der Waals surface area (Å²) in [4.78, 5) is 4.21. The molecular weight excluding hydrogens is 244 g/mol. The highest BCUT2D eigenvalue weighted by atomic mass is 32.2. The Morgan fingerprint density at radius 1 is 1.41 bits per heavy atom. The summed E-state index contributed by atoms with van der Waals surface area (Å²) in [6, 6.07) is 0. The van der Waals surface area contributed by atoms with Gasteiger partial charge in [-0.2, -0.15) is 4.98 Å². The minimum atomic E-state index is -2.91. The minimum absolute atomic E-state index is 0.115. The lowest BCUT2D eigenvalue weighted by molar-refractivity contribution is 0.280. The molecule has 1 fully saturated rings. The Kier molecular flexibility index (Phi) is 3.78. The molecule has 1 aliphatic heterocycles. The molecule has 1 aliphatic rings. The lowest BCUT2D eigenvalue weighted by atomic mass is 10.1. The molecule has 1 aromatic heterocycles. The highest BCUT2D eigenvalue weighted by Crippen LogP contribution is 2.26. The largest absolute Gasteiger partial charge is 0.396 e. The van der Waals surface area contributed by atoms with Crippen LogP contribution in [0.15, 0.2) is 4.52 Å². The first-order chi connectivity index (χ1) is 8.11. The molecule has 7 heteroatoms. The number of aromatic nitrogens is 2. The van der Waals surface area contributed by atoms with Crippen LogP contribution >= 0.6 is 0 Å². The summed E-state index contributed by atoms with van der Waals surface area (Å²) >= 11 is 0. The van der Waals surface area contributed by atoms with E-state index in [0.717, 1.165) is 6.42 Å². The molecular formula is C10H16N2O4S. The minimum Gasteiger partial charge on any atom is -0.396 e. The molecule has 0 spiro atoms. The molecule has 2 heterocycles. The van der Waals surface area contributed by atoms with Gasteiger partial charge in [0.2, 0.25) is 5.89 Å². The fraction of sp³-hybridized carbons (Fsp3) is 0.800. The number of hydrogen-bond acceptors (Lipinski definition) is 6. The van der Waals surface area contributed by atoms with E-state index in [1.807, 2.05) is 0 Å². The van der Waals surface area contributed by atoms with Crippen molar-refractivity contribution in [3.8, 4) is 0 Å². The molecule has 0 aliphatic carbocycles. The van der Waals surface area contributed by atoms with Gasteiger partial charge in [0, 0.05) is 18.9 Å². The van der Waals surface area contributed by atoms with E-state index >= 15 is 0 Å². The second-order valence-corrected chi connectivity index (χ2v) is 6.56. The Morgan fingerprint density at radius 2 is 2.24 bits per heavy atom. The summed E-state index contributed by atoms with van der Waals surface area (Å²) in [6.45, 7) is 0.155. The number of aliphatic hydroxyl groups is 1. The monoisotopic (exact) mass is 260 g/mol. The SMILES string of the molecule is O=S1(=O)CCC(c2noc(CCCCO)n2)C1. The third-order valence-electron chi connectivity index (χ3n) is 2.88. The highest BCUT2D eigenvalue weighted by molar-refractivity contribution is 7.91. The molecule has 6 nitrogen and oxygen atoms in total. The molecule has 0 saturated carbocycles. The Bertz CT molecular complexity index is 468. The van der Waals surface area contributed by atoms with Crippen LogP contribution in [-0.2, 0) is 16.3 Å². The van der Waals surface area contributed by atoms with Crippen molar-refractivity contribution in [2.45, 2.75) is 31.6 Å². The van der Waals surface area contributed by atoms with Gasteiger partial charge >= 0.3 is 0 Å². The van der Waals surface area contributed by atoms with Crippen molar-refractivity contribution in [2.24, 2.45) is 0 Å². The Morgan fingerprint density at radius 3 is 2.88 bits per heavy atom. The van der Waals surface area contributed by atoms with Crippen LogP contribution in [0, 0.1) is 0 Å². The Balaban J connectivity index is 1.94. The van der Waals surface area contributed by atoms with Gasteiger partial charge in [0.25, 0.3) is 0 Å².